The van der Waals surface area contributed by atoms with Crippen molar-refractivity contribution in [2.75, 3.05) is 30.4 Å². The van der Waals surface area contributed by atoms with Gasteiger partial charge in [0.2, 0.25) is 0 Å². The minimum atomic E-state index is -1.22. The smallest absolute Gasteiger partial charge is 0.352 e. The highest BCUT2D eigenvalue weighted by Crippen LogP contribution is 2.41. The standard InChI is InChI=1S/C18H21N9O5S4.3ClH/c19-1-2-32-26-10(8-6-34-17(21)22-8)13(28)23-11-14(29)27-12(16(30)31)7(4-33-15(11)27)5-35-18-25-24-9(3-20)36-18;;;/h6,11,15H,1-5,19-20H2,(H2,21,22)(H,23,28)(H,30,31);3*1H/t11?,15-;;;/m0.../s1. The van der Waals surface area contributed by atoms with Gasteiger partial charge in [-0.25, -0.2) is 9.78 Å². The van der Waals surface area contributed by atoms with Crippen LogP contribution in [0, 0.1) is 0 Å². The molecule has 1 unspecified atom stereocenters. The Balaban J connectivity index is 0.00000253. The van der Waals surface area contributed by atoms with Gasteiger partial charge in [-0.05, 0) is 5.57 Å². The lowest BCUT2D eigenvalue weighted by atomic mass is 10.0. The van der Waals surface area contributed by atoms with Crippen molar-refractivity contribution >= 4 is 112 Å². The molecule has 0 radical (unpaired) electrons. The lowest BCUT2D eigenvalue weighted by Crippen LogP contribution is -2.71. The van der Waals surface area contributed by atoms with E-state index in [0.29, 0.717) is 26.4 Å². The van der Waals surface area contributed by atoms with Gasteiger partial charge in [0.05, 0.1) is 0 Å². The molecule has 1 fully saturated rings. The average Bonchev–Trinajstić information content (AvgIpc) is 3.51. The van der Waals surface area contributed by atoms with E-state index >= 15 is 0 Å². The topological polar surface area (TPSA) is 225 Å². The Labute approximate surface area is 257 Å². The van der Waals surface area contributed by atoms with E-state index < -0.39 is 29.2 Å². The maximum atomic E-state index is 13.0. The van der Waals surface area contributed by atoms with Gasteiger partial charge in [0.25, 0.3) is 11.8 Å². The number of carbonyl (C=O) groups is 3. The Bertz CT molecular complexity index is 1240. The van der Waals surface area contributed by atoms with Crippen LogP contribution < -0.4 is 22.5 Å². The van der Waals surface area contributed by atoms with Crippen molar-refractivity contribution in [2.24, 2.45) is 16.6 Å². The first-order chi connectivity index (χ1) is 17.3. The van der Waals surface area contributed by atoms with Crippen molar-refractivity contribution in [1.29, 1.82) is 0 Å². The lowest BCUT2D eigenvalue weighted by molar-refractivity contribution is -0.150. The van der Waals surface area contributed by atoms with Gasteiger partial charge in [0.15, 0.2) is 15.2 Å². The van der Waals surface area contributed by atoms with Crippen LogP contribution in [-0.4, -0.2) is 84.8 Å². The monoisotopic (exact) mass is 679 g/mol. The molecule has 0 saturated carbocycles. The van der Waals surface area contributed by atoms with Gasteiger partial charge in [0, 0.05) is 30.0 Å². The van der Waals surface area contributed by atoms with E-state index in [1.54, 1.807) is 0 Å². The zero-order chi connectivity index (χ0) is 25.8. The summed E-state index contributed by atoms with van der Waals surface area (Å²) in [5, 5.41) is 26.1. The summed E-state index contributed by atoms with van der Waals surface area (Å²) in [4.78, 5) is 48.3. The third-order valence-corrected chi connectivity index (χ3v) is 9.05. The van der Waals surface area contributed by atoms with E-state index in [9.17, 15) is 19.5 Å². The van der Waals surface area contributed by atoms with Gasteiger partial charge in [-0.2, -0.15) is 0 Å². The molecule has 216 valence electrons. The predicted molar refractivity (Wildman–Crippen MR) is 158 cm³/mol. The number of hydrogen-bond donors (Lipinski definition) is 5. The number of carboxylic acids is 1. The Kier molecular flexibility index (Phi) is 14.2. The molecule has 21 heteroatoms. The number of anilines is 1. The van der Waals surface area contributed by atoms with Crippen molar-refractivity contribution < 1.29 is 24.3 Å². The van der Waals surface area contributed by atoms with Crippen LogP contribution in [0.15, 0.2) is 26.1 Å². The van der Waals surface area contributed by atoms with Gasteiger partial charge in [-0.15, -0.1) is 70.5 Å². The summed E-state index contributed by atoms with van der Waals surface area (Å²) >= 11 is 5.13. The molecule has 2 aliphatic heterocycles. The number of hydrogen-bond acceptors (Lipinski definition) is 15. The highest BCUT2D eigenvalue weighted by molar-refractivity contribution is 8.01. The summed E-state index contributed by atoms with van der Waals surface area (Å²) in [6, 6.07) is -0.947. The Morgan fingerprint density at radius 3 is 2.62 bits per heavy atom. The largest absolute Gasteiger partial charge is 0.477 e. The number of nitrogens with one attached hydrogen (secondary N) is 1. The second-order valence-electron chi connectivity index (χ2n) is 7.21. The molecule has 2 aromatic rings. The van der Waals surface area contributed by atoms with Crippen LogP contribution >= 0.6 is 83.4 Å². The number of nitrogens with two attached hydrogens (primary N) is 3. The number of aromatic nitrogens is 3. The summed E-state index contributed by atoms with van der Waals surface area (Å²) in [7, 11) is 0. The van der Waals surface area contributed by atoms with Crippen LogP contribution in [0.1, 0.15) is 10.7 Å². The lowest BCUT2D eigenvalue weighted by Gasteiger charge is -2.49. The van der Waals surface area contributed by atoms with E-state index in [2.05, 4.69) is 25.7 Å². The van der Waals surface area contributed by atoms with E-state index in [4.69, 9.17) is 22.0 Å². The maximum Gasteiger partial charge on any atom is 0.352 e. The number of thiazole rings is 1. The molecule has 2 atom stereocenters. The number of nitrogens with zero attached hydrogens (tertiary/aromatic N) is 5. The fourth-order valence-corrected chi connectivity index (χ4v) is 7.10. The van der Waals surface area contributed by atoms with Crippen LogP contribution in [0.4, 0.5) is 5.13 Å². The highest BCUT2D eigenvalue weighted by Gasteiger charge is 2.54. The van der Waals surface area contributed by atoms with E-state index in [0.717, 1.165) is 11.3 Å². The highest BCUT2D eigenvalue weighted by atomic mass is 35.5. The van der Waals surface area contributed by atoms with Gasteiger partial charge in [-0.3, -0.25) is 14.5 Å². The number of oxime groups is 1. The van der Waals surface area contributed by atoms with Crippen LogP contribution in [-0.2, 0) is 25.8 Å². The third kappa shape index (κ3) is 7.86. The normalized spacial score (nSPS) is 18.2. The Morgan fingerprint density at radius 1 is 1.28 bits per heavy atom. The molecule has 2 amide bonds. The predicted octanol–water partition coefficient (Wildman–Crippen LogP) is 0.511. The van der Waals surface area contributed by atoms with Crippen LogP contribution in [0.5, 0.6) is 0 Å². The van der Waals surface area contributed by atoms with Gasteiger partial charge < -0.3 is 32.5 Å². The summed E-state index contributed by atoms with van der Waals surface area (Å²) in [6.45, 7) is 0.531. The number of amides is 2. The second-order valence-corrected chi connectivity index (χ2v) is 11.5. The zero-order valence-electron chi connectivity index (χ0n) is 19.7. The fourth-order valence-electron chi connectivity index (χ4n) is 3.30. The first-order valence-corrected chi connectivity index (χ1v) is 14.0. The molecule has 1 saturated heterocycles. The number of thioether (sulfide) groups is 2. The van der Waals surface area contributed by atoms with Crippen molar-refractivity contribution in [1.82, 2.24) is 25.4 Å². The van der Waals surface area contributed by atoms with E-state index in [1.165, 1.54) is 45.1 Å². The molecular weight excluding hydrogens is 657 g/mol. The van der Waals surface area contributed by atoms with Crippen molar-refractivity contribution in [3.8, 4) is 0 Å². The molecule has 8 N–H and O–H groups in total. The number of β-lactam (4-membered cyclic amide) rings is 1. The minimum Gasteiger partial charge on any atom is -0.477 e. The molecule has 4 rings (SSSR count). The van der Waals surface area contributed by atoms with Gasteiger partial charge in [0.1, 0.15) is 34.4 Å². The summed E-state index contributed by atoms with van der Waals surface area (Å²) in [5.41, 5.74) is 17.1. The molecule has 0 spiro atoms. The molecule has 14 nitrogen and oxygen atoms in total. The maximum absolute atomic E-state index is 13.0. The molecule has 2 aliphatic rings. The van der Waals surface area contributed by atoms with Crippen LogP contribution in [0.3, 0.4) is 0 Å². The SMILES string of the molecule is Cl.Cl.Cl.NCCON=C(C(=O)NC1C(=O)N2C(C(=O)O)=C(CSc3nnc(CN)s3)CS[C@@H]12)c1csc(N)n1. The van der Waals surface area contributed by atoms with Gasteiger partial charge in [-0.1, -0.05) is 28.3 Å². The molecule has 2 aromatic heterocycles. The number of carbonyl (C=O) groups excluding carboxylic acids is 2. The number of carboxylic acid groups (broad SMARTS) is 1. The first-order valence-electron chi connectivity index (χ1n) is 10.3. The Hall–Kier alpha value is -1.90. The first kappa shape index (κ1) is 35.1. The second kappa shape index (κ2) is 15.8. The fraction of sp³-hybridized carbons (Fsp3) is 0.389. The van der Waals surface area contributed by atoms with Crippen molar-refractivity contribution in [2.45, 2.75) is 22.3 Å². The zero-order valence-corrected chi connectivity index (χ0v) is 25.4. The molecule has 0 bridgehead atoms. The van der Waals surface area contributed by atoms with Crippen LogP contribution in [0.25, 0.3) is 0 Å². The van der Waals surface area contributed by atoms with Gasteiger partial charge >= 0.3 is 5.97 Å². The molecule has 0 aliphatic carbocycles. The molecule has 0 aromatic carbocycles. The molecule has 4 heterocycles. The van der Waals surface area contributed by atoms with E-state index in [1.807, 2.05) is 0 Å². The number of nitrogen functional groups attached to an aromatic ring is 1. The minimum absolute atomic E-state index is 0. The molecule has 39 heavy (non-hydrogen) atoms. The summed E-state index contributed by atoms with van der Waals surface area (Å²) < 4.78 is 0.659. The van der Waals surface area contributed by atoms with Crippen molar-refractivity contribution in [3.05, 3.63) is 27.4 Å². The third-order valence-electron chi connectivity index (χ3n) is 4.87. The number of halogens is 3. The quantitative estimate of drug-likeness (QED) is 0.0718. The van der Waals surface area contributed by atoms with Crippen LogP contribution in [0.2, 0.25) is 0 Å². The van der Waals surface area contributed by atoms with E-state index in [-0.39, 0.29) is 79.2 Å². The number of aliphatic carboxylic acids is 1. The summed E-state index contributed by atoms with van der Waals surface area (Å²) in [5.74, 6) is -1.78. The summed E-state index contributed by atoms with van der Waals surface area (Å²) in [6.07, 6.45) is 0. The Morgan fingerprint density at radius 2 is 2.03 bits per heavy atom. The van der Waals surface area contributed by atoms with Crippen molar-refractivity contribution in [3.63, 3.8) is 0 Å². The average molecular weight is 681 g/mol. The number of rotatable bonds is 11. The molecular formula is C18H24Cl3N9O5S4. The number of fused-ring (bicyclic) bond motifs is 1.